The molecule has 23 heavy (non-hydrogen) atoms. The fraction of sp³-hybridized carbons (Fsp3) is 1.00. The van der Waals surface area contributed by atoms with Crippen molar-refractivity contribution in [3.63, 3.8) is 0 Å². The number of rotatable bonds is 11. The Morgan fingerprint density at radius 2 is 1.17 bits per heavy atom. The summed E-state index contributed by atoms with van der Waals surface area (Å²) in [6.45, 7) is 24.0. The monoisotopic (exact) mass is 438 g/mol. The quantitative estimate of drug-likeness (QED) is 0.361. The topological polar surface area (TPSA) is 27.7 Å². The van der Waals surface area contributed by atoms with Crippen LogP contribution >= 0.6 is 0 Å². The van der Waals surface area contributed by atoms with Crippen molar-refractivity contribution in [2.24, 2.45) is 5.92 Å². The molecule has 0 aromatic rings. The summed E-state index contributed by atoms with van der Waals surface area (Å²) in [6.07, 6.45) is 3.12. The molecule has 0 N–H and O–H groups in total. The first-order chi connectivity index (χ1) is 10.3. The van der Waals surface area contributed by atoms with Crippen LogP contribution in [0.3, 0.4) is 0 Å². The molecule has 0 amide bonds. The van der Waals surface area contributed by atoms with Gasteiger partial charge in [0.1, 0.15) is 0 Å². The molecular formula is C19H42O3Sn. The molecule has 0 aromatic carbocycles. The van der Waals surface area contributed by atoms with E-state index in [2.05, 4.69) is 76.2 Å². The Hall–Kier alpha value is 0.679. The van der Waals surface area contributed by atoms with Gasteiger partial charge in [-0.1, -0.05) is 0 Å². The Morgan fingerprint density at radius 3 is 1.43 bits per heavy atom. The zero-order valence-corrected chi connectivity index (χ0v) is 20.4. The van der Waals surface area contributed by atoms with Gasteiger partial charge in [-0.25, -0.2) is 0 Å². The molecule has 0 aliphatic carbocycles. The van der Waals surface area contributed by atoms with E-state index in [1.165, 1.54) is 0 Å². The van der Waals surface area contributed by atoms with Crippen LogP contribution in [-0.4, -0.2) is 36.9 Å². The molecule has 4 heteroatoms. The molecule has 0 rings (SSSR count). The SMILES string of the molecule is CCC(C)(C)[O][Sn]([O]C(C)CC(C)C)([O]C(C)(C)CC)[CH](C)C. The molecule has 0 aliphatic heterocycles. The molecule has 1 atom stereocenters. The van der Waals surface area contributed by atoms with Crippen LogP contribution in [0.4, 0.5) is 0 Å². The molecule has 1 unspecified atom stereocenters. The standard InChI is InChI=1S/C6H13O.2C5H11O.C3H7.Sn/c1-5(2)4-6(3)7;2*1-4-5(2,3)6;1-3-2;/h5-6H,4H2,1-3H3;2*4H2,1-3H3;3H,1-2H3;/q3*-1;;+3. The van der Waals surface area contributed by atoms with Crippen molar-refractivity contribution in [1.29, 1.82) is 0 Å². The first-order valence-corrected chi connectivity index (χ1v) is 14.5. The predicted molar refractivity (Wildman–Crippen MR) is 102 cm³/mol. The molecule has 0 bridgehead atoms. The summed E-state index contributed by atoms with van der Waals surface area (Å²) in [5, 5.41) is 0. The van der Waals surface area contributed by atoms with Gasteiger partial charge >= 0.3 is 151 Å². The van der Waals surface area contributed by atoms with E-state index in [9.17, 15) is 0 Å². The maximum absolute atomic E-state index is 6.69. The minimum atomic E-state index is -3.73. The molecule has 0 aromatic heterocycles. The fourth-order valence-electron chi connectivity index (χ4n) is 2.35. The van der Waals surface area contributed by atoms with Crippen molar-refractivity contribution in [3.8, 4) is 0 Å². The Balaban J connectivity index is 5.58. The Labute approximate surface area is 151 Å². The molecular weight excluding hydrogens is 395 g/mol. The molecule has 0 aliphatic rings. The van der Waals surface area contributed by atoms with Crippen LogP contribution in [0.15, 0.2) is 0 Å². The summed E-state index contributed by atoms with van der Waals surface area (Å²) in [4.78, 5) is 0. The van der Waals surface area contributed by atoms with E-state index >= 15 is 0 Å². The van der Waals surface area contributed by atoms with Crippen LogP contribution < -0.4 is 0 Å². The third-order valence-electron chi connectivity index (χ3n) is 4.42. The van der Waals surface area contributed by atoms with Crippen LogP contribution in [-0.2, 0) is 9.22 Å². The van der Waals surface area contributed by atoms with E-state index in [4.69, 9.17) is 9.22 Å². The van der Waals surface area contributed by atoms with Crippen LogP contribution in [0.2, 0.25) is 3.93 Å². The molecule has 140 valence electrons. The van der Waals surface area contributed by atoms with E-state index in [0.717, 1.165) is 19.3 Å². The van der Waals surface area contributed by atoms with E-state index in [1.807, 2.05) is 0 Å². The molecule has 0 heterocycles. The third kappa shape index (κ3) is 8.55. The summed E-state index contributed by atoms with van der Waals surface area (Å²) >= 11 is -3.73. The first-order valence-electron chi connectivity index (χ1n) is 9.37. The summed E-state index contributed by atoms with van der Waals surface area (Å²) in [6, 6.07) is 0. The van der Waals surface area contributed by atoms with Gasteiger partial charge in [0.05, 0.1) is 0 Å². The average Bonchev–Trinajstić information content (AvgIpc) is 2.36. The van der Waals surface area contributed by atoms with Gasteiger partial charge in [-0.05, 0) is 0 Å². The molecule has 0 spiro atoms. The zero-order valence-electron chi connectivity index (χ0n) is 17.6. The Morgan fingerprint density at radius 1 is 0.783 bits per heavy atom. The van der Waals surface area contributed by atoms with Crippen molar-refractivity contribution in [1.82, 2.24) is 0 Å². The Bertz CT molecular complexity index is 320. The average molecular weight is 437 g/mol. The molecule has 0 fully saturated rings. The third-order valence-corrected chi connectivity index (χ3v) is 15.3. The van der Waals surface area contributed by atoms with E-state index in [1.54, 1.807) is 0 Å². The van der Waals surface area contributed by atoms with Gasteiger partial charge in [-0.3, -0.25) is 0 Å². The maximum atomic E-state index is 6.69. The molecule has 3 nitrogen and oxygen atoms in total. The van der Waals surface area contributed by atoms with Crippen molar-refractivity contribution in [2.45, 2.75) is 117 Å². The first kappa shape index (κ1) is 23.7. The minimum absolute atomic E-state index is 0.175. The van der Waals surface area contributed by atoms with Gasteiger partial charge in [0.25, 0.3) is 0 Å². The van der Waals surface area contributed by atoms with Gasteiger partial charge in [0, 0.05) is 0 Å². The van der Waals surface area contributed by atoms with Gasteiger partial charge < -0.3 is 0 Å². The number of hydrogen-bond donors (Lipinski definition) is 0. The number of hydrogen-bond acceptors (Lipinski definition) is 3. The van der Waals surface area contributed by atoms with Gasteiger partial charge in [0.15, 0.2) is 0 Å². The second kappa shape index (κ2) is 9.40. The van der Waals surface area contributed by atoms with Crippen LogP contribution in [0.1, 0.15) is 95.4 Å². The fourth-order valence-corrected chi connectivity index (χ4v) is 12.0. The summed E-state index contributed by atoms with van der Waals surface area (Å²) in [7, 11) is 0. The van der Waals surface area contributed by atoms with Crippen LogP contribution in [0.5, 0.6) is 0 Å². The zero-order chi connectivity index (χ0) is 18.5. The summed E-state index contributed by atoms with van der Waals surface area (Å²) < 4.78 is 20.3. The molecule has 0 radical (unpaired) electrons. The summed E-state index contributed by atoms with van der Waals surface area (Å²) in [5.74, 6) is 0.611. The van der Waals surface area contributed by atoms with Crippen molar-refractivity contribution in [3.05, 3.63) is 0 Å². The van der Waals surface area contributed by atoms with Crippen molar-refractivity contribution >= 4 is 19.6 Å². The van der Waals surface area contributed by atoms with Crippen molar-refractivity contribution < 1.29 is 9.22 Å². The van der Waals surface area contributed by atoms with E-state index in [-0.39, 0.29) is 17.3 Å². The van der Waals surface area contributed by atoms with Crippen LogP contribution in [0, 0.1) is 5.92 Å². The molecule has 0 saturated heterocycles. The van der Waals surface area contributed by atoms with E-state index in [0.29, 0.717) is 9.85 Å². The van der Waals surface area contributed by atoms with Crippen molar-refractivity contribution in [2.75, 3.05) is 0 Å². The molecule has 0 saturated carbocycles. The second-order valence-corrected chi connectivity index (χ2v) is 17.3. The van der Waals surface area contributed by atoms with Crippen LogP contribution in [0.25, 0.3) is 0 Å². The van der Waals surface area contributed by atoms with E-state index < -0.39 is 19.6 Å². The summed E-state index contributed by atoms with van der Waals surface area (Å²) in [5.41, 5.74) is -0.413. The predicted octanol–water partition coefficient (Wildman–Crippen LogP) is 6.20. The van der Waals surface area contributed by atoms with Gasteiger partial charge in [0.2, 0.25) is 0 Å². The Kier molecular flexibility index (Phi) is 9.67. The normalized spacial score (nSPS) is 15.5. The van der Waals surface area contributed by atoms with Gasteiger partial charge in [-0.15, -0.1) is 0 Å². The van der Waals surface area contributed by atoms with Gasteiger partial charge in [-0.2, -0.15) is 0 Å². The second-order valence-electron chi connectivity index (χ2n) is 8.75.